The molecule has 1 amide bonds. The van der Waals surface area contributed by atoms with Crippen molar-refractivity contribution in [3.05, 3.63) is 29.8 Å². The minimum Gasteiger partial charge on any atom is -0.497 e. The number of likely N-dealkylation sites (N-methyl/N-ethyl adjacent to an activating group) is 1. The number of morpholine rings is 1. The zero-order valence-electron chi connectivity index (χ0n) is 14.1. The van der Waals surface area contributed by atoms with Gasteiger partial charge in [0.1, 0.15) is 5.75 Å². The summed E-state index contributed by atoms with van der Waals surface area (Å²) in [5.41, 5.74) is 0.658. The van der Waals surface area contributed by atoms with Gasteiger partial charge in [0.05, 0.1) is 19.3 Å². The van der Waals surface area contributed by atoms with E-state index in [2.05, 4.69) is 11.9 Å². The maximum Gasteiger partial charge on any atom is 0.253 e. The van der Waals surface area contributed by atoms with Crippen molar-refractivity contribution < 1.29 is 14.3 Å². The highest BCUT2D eigenvalue weighted by Crippen LogP contribution is 2.30. The molecule has 2 fully saturated rings. The van der Waals surface area contributed by atoms with Gasteiger partial charge in [0, 0.05) is 31.7 Å². The van der Waals surface area contributed by atoms with Crippen LogP contribution >= 0.6 is 0 Å². The molecule has 0 aliphatic carbocycles. The van der Waals surface area contributed by atoms with Gasteiger partial charge in [-0.25, -0.2) is 0 Å². The fourth-order valence-corrected chi connectivity index (χ4v) is 3.62. The molecule has 2 aliphatic heterocycles. The number of hydrogen-bond donors (Lipinski definition) is 0. The lowest BCUT2D eigenvalue weighted by molar-refractivity contribution is -0.110. The van der Waals surface area contributed by atoms with Crippen molar-refractivity contribution in [3.63, 3.8) is 0 Å². The van der Waals surface area contributed by atoms with E-state index in [0.29, 0.717) is 0 Å². The first-order valence-electron chi connectivity index (χ1n) is 8.38. The van der Waals surface area contributed by atoms with Gasteiger partial charge < -0.3 is 19.3 Å². The third-order valence-electron chi connectivity index (χ3n) is 4.96. The number of carbonyl (C=O) groups is 1. The topological polar surface area (TPSA) is 42.0 Å². The Balaban J connectivity index is 1.66. The van der Waals surface area contributed by atoms with Gasteiger partial charge in [0.25, 0.3) is 5.91 Å². The molecule has 0 radical (unpaired) electrons. The van der Waals surface area contributed by atoms with Crippen LogP contribution in [0.25, 0.3) is 0 Å². The Labute approximate surface area is 138 Å². The smallest absolute Gasteiger partial charge is 0.253 e. The van der Waals surface area contributed by atoms with Gasteiger partial charge >= 0.3 is 0 Å². The molecule has 1 atom stereocenters. The molecule has 1 aromatic rings. The predicted octanol–water partition coefficient (Wildman–Crippen LogP) is 2.02. The van der Waals surface area contributed by atoms with Gasteiger partial charge in [-0.3, -0.25) is 4.79 Å². The van der Waals surface area contributed by atoms with E-state index in [0.717, 1.165) is 63.4 Å². The molecule has 1 aromatic carbocycles. The first kappa shape index (κ1) is 16.3. The van der Waals surface area contributed by atoms with Crippen molar-refractivity contribution in [1.82, 2.24) is 9.80 Å². The molecule has 0 aromatic heterocycles. The van der Waals surface area contributed by atoms with E-state index in [4.69, 9.17) is 9.47 Å². The Hall–Kier alpha value is -1.59. The summed E-state index contributed by atoms with van der Waals surface area (Å²) in [5, 5.41) is 0. The van der Waals surface area contributed by atoms with Gasteiger partial charge in [-0.1, -0.05) is 0 Å². The lowest BCUT2D eigenvalue weighted by atomic mass is 9.93. The highest BCUT2D eigenvalue weighted by Gasteiger charge is 2.37. The molecule has 0 unspecified atom stereocenters. The van der Waals surface area contributed by atoms with Gasteiger partial charge in [-0.15, -0.1) is 0 Å². The summed E-state index contributed by atoms with van der Waals surface area (Å²) < 4.78 is 11.3. The molecule has 1 spiro atoms. The van der Waals surface area contributed by atoms with E-state index in [1.54, 1.807) is 7.11 Å². The molecule has 0 bridgehead atoms. The third-order valence-corrected chi connectivity index (χ3v) is 4.96. The quantitative estimate of drug-likeness (QED) is 0.837. The van der Waals surface area contributed by atoms with Gasteiger partial charge in [-0.05, 0) is 50.6 Å². The second-order valence-electron chi connectivity index (χ2n) is 6.64. The maximum absolute atomic E-state index is 12.7. The Kier molecular flexibility index (Phi) is 4.87. The summed E-state index contributed by atoms with van der Waals surface area (Å²) in [6.07, 6.45) is 2.94. The average molecular weight is 318 g/mol. The van der Waals surface area contributed by atoms with E-state index < -0.39 is 0 Å². The number of ether oxygens (including phenoxy) is 2. The second kappa shape index (κ2) is 6.89. The van der Waals surface area contributed by atoms with Gasteiger partial charge in [0.15, 0.2) is 0 Å². The van der Waals surface area contributed by atoms with Crippen molar-refractivity contribution >= 4 is 5.91 Å². The summed E-state index contributed by atoms with van der Waals surface area (Å²) in [6.45, 7) is 4.33. The normalized spacial score (nSPS) is 26.1. The number of likely N-dealkylation sites (tertiary alicyclic amines) is 1. The highest BCUT2D eigenvalue weighted by molar-refractivity contribution is 5.94. The number of rotatable bonds is 2. The van der Waals surface area contributed by atoms with Crippen molar-refractivity contribution in [2.45, 2.75) is 24.9 Å². The van der Waals surface area contributed by atoms with E-state index in [1.165, 1.54) is 0 Å². The molecular formula is C18H26N2O3. The lowest BCUT2D eigenvalue weighted by Crippen LogP contribution is -2.50. The minimum atomic E-state index is -0.0675. The lowest BCUT2D eigenvalue weighted by Gasteiger charge is -2.41. The summed E-state index contributed by atoms with van der Waals surface area (Å²) in [5.74, 6) is 0.879. The van der Waals surface area contributed by atoms with Crippen LogP contribution in [0.5, 0.6) is 5.75 Å². The molecule has 0 N–H and O–H groups in total. The molecular weight excluding hydrogens is 292 g/mol. The SMILES string of the molecule is COc1ccc(C(=O)N2CCC[C@]3(CC2)CN(C)CCO3)cc1. The fraction of sp³-hybridized carbons (Fsp3) is 0.611. The average Bonchev–Trinajstić information content (AvgIpc) is 2.77. The fourth-order valence-electron chi connectivity index (χ4n) is 3.62. The third kappa shape index (κ3) is 3.67. The van der Waals surface area contributed by atoms with Crippen molar-refractivity contribution in [3.8, 4) is 5.75 Å². The number of benzene rings is 1. The Morgan fingerprint density at radius 1 is 1.17 bits per heavy atom. The van der Waals surface area contributed by atoms with Crippen LogP contribution in [-0.4, -0.2) is 68.3 Å². The zero-order valence-corrected chi connectivity index (χ0v) is 14.1. The molecule has 0 saturated carbocycles. The minimum absolute atomic E-state index is 0.0675. The molecule has 5 nitrogen and oxygen atoms in total. The van der Waals surface area contributed by atoms with Crippen LogP contribution < -0.4 is 4.74 Å². The van der Waals surface area contributed by atoms with Gasteiger partial charge in [0.2, 0.25) is 0 Å². The summed E-state index contributed by atoms with van der Waals surface area (Å²) in [6, 6.07) is 7.36. The van der Waals surface area contributed by atoms with Crippen LogP contribution in [0.4, 0.5) is 0 Å². The zero-order chi connectivity index (χ0) is 16.3. The van der Waals surface area contributed by atoms with Crippen molar-refractivity contribution in [2.24, 2.45) is 0 Å². The molecule has 2 saturated heterocycles. The van der Waals surface area contributed by atoms with Gasteiger partial charge in [-0.2, -0.15) is 0 Å². The van der Waals surface area contributed by atoms with Crippen LogP contribution in [0.3, 0.4) is 0 Å². The van der Waals surface area contributed by atoms with Crippen LogP contribution in [-0.2, 0) is 4.74 Å². The first-order valence-corrected chi connectivity index (χ1v) is 8.38. The van der Waals surface area contributed by atoms with Crippen LogP contribution in [0.15, 0.2) is 24.3 Å². The molecule has 2 aliphatic rings. The number of nitrogens with zero attached hydrogens (tertiary/aromatic N) is 2. The van der Waals surface area contributed by atoms with E-state index in [9.17, 15) is 4.79 Å². The van der Waals surface area contributed by atoms with Crippen molar-refractivity contribution in [2.75, 3.05) is 46.9 Å². The molecule has 23 heavy (non-hydrogen) atoms. The molecule has 3 rings (SSSR count). The molecule has 5 heteroatoms. The van der Waals surface area contributed by atoms with E-state index >= 15 is 0 Å². The number of carbonyl (C=O) groups excluding carboxylic acids is 1. The standard InChI is InChI=1S/C18H26N2O3/c1-19-12-13-23-18(14-19)8-3-10-20(11-9-18)17(21)15-4-6-16(22-2)7-5-15/h4-7H,3,8-14H2,1-2H3/t18-/m0/s1. The summed E-state index contributed by atoms with van der Waals surface area (Å²) in [7, 11) is 3.78. The Bertz CT molecular complexity index is 546. The van der Waals surface area contributed by atoms with Crippen LogP contribution in [0, 0.1) is 0 Å². The summed E-state index contributed by atoms with van der Waals surface area (Å²) in [4.78, 5) is 17.0. The predicted molar refractivity (Wildman–Crippen MR) is 88.9 cm³/mol. The highest BCUT2D eigenvalue weighted by atomic mass is 16.5. The van der Waals surface area contributed by atoms with Crippen LogP contribution in [0.1, 0.15) is 29.6 Å². The second-order valence-corrected chi connectivity index (χ2v) is 6.64. The monoisotopic (exact) mass is 318 g/mol. The largest absolute Gasteiger partial charge is 0.497 e. The number of amides is 1. The van der Waals surface area contributed by atoms with Crippen molar-refractivity contribution in [1.29, 1.82) is 0 Å². The molecule has 2 heterocycles. The maximum atomic E-state index is 12.7. The number of methoxy groups -OCH3 is 1. The number of hydrogen-bond acceptors (Lipinski definition) is 4. The van der Waals surface area contributed by atoms with Crippen LogP contribution in [0.2, 0.25) is 0 Å². The van der Waals surface area contributed by atoms with E-state index in [-0.39, 0.29) is 11.5 Å². The Morgan fingerprint density at radius 3 is 2.65 bits per heavy atom. The first-order chi connectivity index (χ1) is 11.1. The Morgan fingerprint density at radius 2 is 1.96 bits per heavy atom. The summed E-state index contributed by atoms with van der Waals surface area (Å²) >= 11 is 0. The van der Waals surface area contributed by atoms with E-state index in [1.807, 2.05) is 29.2 Å². The molecule has 126 valence electrons.